The van der Waals surface area contributed by atoms with Crippen molar-refractivity contribution in [3.05, 3.63) is 89.5 Å². The van der Waals surface area contributed by atoms with Crippen molar-refractivity contribution in [2.75, 3.05) is 0 Å². The van der Waals surface area contributed by atoms with E-state index in [4.69, 9.17) is 4.74 Å². The van der Waals surface area contributed by atoms with E-state index in [-0.39, 0.29) is 5.78 Å². The molecule has 0 aromatic heterocycles. The van der Waals surface area contributed by atoms with Gasteiger partial charge in [0.2, 0.25) is 0 Å². The van der Waals surface area contributed by atoms with Crippen molar-refractivity contribution >= 4 is 5.78 Å². The number of rotatable bonds is 5. The molecular formula is C22H20O2. The molecule has 2 heteroatoms. The number of ether oxygens (including phenoxy) is 1. The summed E-state index contributed by atoms with van der Waals surface area (Å²) in [5.74, 6) is 0.859. The van der Waals surface area contributed by atoms with E-state index in [1.165, 1.54) is 5.56 Å². The fraction of sp³-hybridized carbons (Fsp3) is 0.136. The van der Waals surface area contributed by atoms with E-state index in [1.807, 2.05) is 67.6 Å². The maximum absolute atomic E-state index is 11.9. The molecule has 0 bridgehead atoms. The Balaban J connectivity index is 1.89. The first-order chi connectivity index (χ1) is 11.6. The van der Waals surface area contributed by atoms with Gasteiger partial charge in [-0.15, -0.1) is 0 Å². The fourth-order valence-corrected chi connectivity index (χ4v) is 2.66. The Morgan fingerprint density at radius 2 is 1.58 bits per heavy atom. The molecule has 0 saturated carbocycles. The summed E-state index contributed by atoms with van der Waals surface area (Å²) >= 11 is 0. The largest absolute Gasteiger partial charge is 0.489 e. The second kappa shape index (κ2) is 7.14. The van der Waals surface area contributed by atoms with Gasteiger partial charge in [-0.2, -0.15) is 0 Å². The van der Waals surface area contributed by atoms with Crippen LogP contribution in [0.2, 0.25) is 0 Å². The Morgan fingerprint density at radius 3 is 2.25 bits per heavy atom. The van der Waals surface area contributed by atoms with Gasteiger partial charge in [0, 0.05) is 11.1 Å². The molecule has 0 atom stereocenters. The summed E-state index contributed by atoms with van der Waals surface area (Å²) in [4.78, 5) is 11.9. The van der Waals surface area contributed by atoms with Gasteiger partial charge in [-0.25, -0.2) is 0 Å². The predicted octanol–water partition coefficient (Wildman–Crippen LogP) is 5.44. The van der Waals surface area contributed by atoms with Gasteiger partial charge >= 0.3 is 0 Å². The van der Waals surface area contributed by atoms with E-state index in [0.717, 1.165) is 22.4 Å². The van der Waals surface area contributed by atoms with Crippen molar-refractivity contribution in [1.82, 2.24) is 0 Å². The van der Waals surface area contributed by atoms with Crippen molar-refractivity contribution in [3.63, 3.8) is 0 Å². The SMILES string of the molecule is CC(=O)c1ccc(-c2ccccc2)cc1COc1ccc(C)cc1. The fourth-order valence-electron chi connectivity index (χ4n) is 2.66. The average Bonchev–Trinajstić information content (AvgIpc) is 2.61. The Hall–Kier alpha value is -2.87. The summed E-state index contributed by atoms with van der Waals surface area (Å²) < 4.78 is 5.88. The standard InChI is InChI=1S/C22H20O2/c1-16-8-11-21(12-9-16)24-15-20-14-19(10-13-22(20)17(2)23)18-6-4-3-5-7-18/h3-14H,15H2,1-2H3. The lowest BCUT2D eigenvalue weighted by Crippen LogP contribution is -2.04. The smallest absolute Gasteiger partial charge is 0.160 e. The third kappa shape index (κ3) is 3.72. The highest BCUT2D eigenvalue weighted by molar-refractivity contribution is 5.96. The zero-order chi connectivity index (χ0) is 16.9. The molecule has 0 unspecified atom stereocenters. The first-order valence-corrected chi connectivity index (χ1v) is 8.02. The summed E-state index contributed by atoms with van der Waals surface area (Å²) in [6.07, 6.45) is 0. The molecule has 0 spiro atoms. The van der Waals surface area contributed by atoms with Crippen LogP contribution < -0.4 is 4.74 Å². The normalized spacial score (nSPS) is 10.4. The van der Waals surface area contributed by atoms with Gasteiger partial charge in [-0.1, -0.05) is 60.2 Å². The van der Waals surface area contributed by atoms with E-state index in [2.05, 4.69) is 12.1 Å². The van der Waals surface area contributed by atoms with Gasteiger partial charge in [0.05, 0.1) is 0 Å². The summed E-state index contributed by atoms with van der Waals surface area (Å²) in [5.41, 5.74) is 5.02. The summed E-state index contributed by atoms with van der Waals surface area (Å²) in [5, 5.41) is 0. The Kier molecular flexibility index (Phi) is 4.76. The van der Waals surface area contributed by atoms with Gasteiger partial charge < -0.3 is 4.74 Å². The van der Waals surface area contributed by atoms with Crippen LogP contribution in [0.25, 0.3) is 11.1 Å². The monoisotopic (exact) mass is 316 g/mol. The highest BCUT2D eigenvalue weighted by Crippen LogP contribution is 2.24. The molecule has 0 aliphatic heterocycles. The molecule has 3 aromatic carbocycles. The number of aryl methyl sites for hydroxylation is 1. The van der Waals surface area contributed by atoms with Crippen LogP contribution in [0.5, 0.6) is 5.75 Å². The third-order valence-electron chi connectivity index (χ3n) is 4.01. The zero-order valence-electron chi connectivity index (χ0n) is 14.0. The van der Waals surface area contributed by atoms with Crippen molar-refractivity contribution in [2.45, 2.75) is 20.5 Å². The number of Topliss-reactive ketones (excluding diaryl/α,β-unsaturated/α-hetero) is 1. The summed E-state index contributed by atoms with van der Waals surface area (Å²) in [6, 6.07) is 24.0. The summed E-state index contributed by atoms with van der Waals surface area (Å²) in [6.45, 7) is 4.01. The molecule has 0 fully saturated rings. The van der Waals surface area contributed by atoms with E-state index in [1.54, 1.807) is 6.92 Å². The van der Waals surface area contributed by atoms with Gasteiger partial charge in [-0.3, -0.25) is 4.79 Å². The molecule has 0 saturated heterocycles. The van der Waals surface area contributed by atoms with Crippen molar-refractivity contribution in [3.8, 4) is 16.9 Å². The minimum Gasteiger partial charge on any atom is -0.489 e. The minimum atomic E-state index is 0.0529. The van der Waals surface area contributed by atoms with Crippen LogP contribution in [0.1, 0.15) is 28.4 Å². The number of hydrogen-bond donors (Lipinski definition) is 0. The maximum Gasteiger partial charge on any atom is 0.160 e. The van der Waals surface area contributed by atoms with E-state index >= 15 is 0 Å². The number of hydrogen-bond acceptors (Lipinski definition) is 2. The molecule has 2 nitrogen and oxygen atoms in total. The lowest BCUT2D eigenvalue weighted by Gasteiger charge is -2.12. The minimum absolute atomic E-state index is 0.0529. The van der Waals surface area contributed by atoms with E-state index in [0.29, 0.717) is 12.2 Å². The van der Waals surface area contributed by atoms with Gasteiger partial charge in [0.1, 0.15) is 12.4 Å². The highest BCUT2D eigenvalue weighted by Gasteiger charge is 2.10. The van der Waals surface area contributed by atoms with E-state index in [9.17, 15) is 4.79 Å². The van der Waals surface area contributed by atoms with Crippen LogP contribution in [0.15, 0.2) is 72.8 Å². The second-order valence-corrected chi connectivity index (χ2v) is 5.90. The topological polar surface area (TPSA) is 26.3 Å². The van der Waals surface area contributed by atoms with Crippen LogP contribution >= 0.6 is 0 Å². The van der Waals surface area contributed by atoms with Crippen LogP contribution in [-0.2, 0) is 6.61 Å². The number of carbonyl (C=O) groups excluding carboxylic acids is 1. The van der Waals surface area contributed by atoms with Crippen molar-refractivity contribution in [1.29, 1.82) is 0 Å². The molecule has 24 heavy (non-hydrogen) atoms. The molecule has 0 aliphatic rings. The Labute approximate surface area is 142 Å². The van der Waals surface area contributed by atoms with Crippen LogP contribution in [0.4, 0.5) is 0 Å². The Morgan fingerprint density at radius 1 is 0.875 bits per heavy atom. The first-order valence-electron chi connectivity index (χ1n) is 8.02. The predicted molar refractivity (Wildman–Crippen MR) is 97.4 cm³/mol. The van der Waals surface area contributed by atoms with Crippen molar-refractivity contribution < 1.29 is 9.53 Å². The van der Waals surface area contributed by atoms with Crippen LogP contribution in [-0.4, -0.2) is 5.78 Å². The molecule has 0 radical (unpaired) electrons. The second-order valence-electron chi connectivity index (χ2n) is 5.90. The van der Waals surface area contributed by atoms with Crippen molar-refractivity contribution in [2.24, 2.45) is 0 Å². The number of carbonyl (C=O) groups is 1. The van der Waals surface area contributed by atoms with Gasteiger partial charge in [0.25, 0.3) is 0 Å². The van der Waals surface area contributed by atoms with Gasteiger partial charge in [0.15, 0.2) is 5.78 Å². The lowest BCUT2D eigenvalue weighted by atomic mass is 9.98. The highest BCUT2D eigenvalue weighted by atomic mass is 16.5. The van der Waals surface area contributed by atoms with Crippen LogP contribution in [0, 0.1) is 6.92 Å². The average molecular weight is 316 g/mol. The van der Waals surface area contributed by atoms with Gasteiger partial charge in [-0.05, 0) is 43.2 Å². The van der Waals surface area contributed by atoms with E-state index < -0.39 is 0 Å². The third-order valence-corrected chi connectivity index (χ3v) is 4.01. The maximum atomic E-state index is 11.9. The first kappa shape index (κ1) is 16.0. The molecule has 3 aromatic rings. The molecular weight excluding hydrogens is 296 g/mol. The molecule has 120 valence electrons. The zero-order valence-corrected chi connectivity index (χ0v) is 14.0. The number of benzene rings is 3. The molecule has 0 aliphatic carbocycles. The Bertz CT molecular complexity index is 834. The van der Waals surface area contributed by atoms with Crippen LogP contribution in [0.3, 0.4) is 0 Å². The number of ketones is 1. The quantitative estimate of drug-likeness (QED) is 0.586. The molecule has 0 N–H and O–H groups in total. The lowest BCUT2D eigenvalue weighted by molar-refractivity contribution is 0.101. The molecule has 0 amide bonds. The summed E-state index contributed by atoms with van der Waals surface area (Å²) in [7, 11) is 0. The molecule has 0 heterocycles. The molecule has 3 rings (SSSR count).